The smallest absolute Gasteiger partial charge is 0.416 e. The van der Waals surface area contributed by atoms with E-state index in [9.17, 15) is 4.79 Å². The van der Waals surface area contributed by atoms with E-state index in [1.54, 1.807) is 11.5 Å². The molecule has 0 radical (unpaired) electrons. The molecule has 1 aromatic heterocycles. The average molecular weight is 409 g/mol. The number of nitrogens with zero attached hydrogens (tertiary/aromatic N) is 3. The van der Waals surface area contributed by atoms with Crippen molar-refractivity contribution in [3.05, 3.63) is 66.9 Å². The topological polar surface area (TPSA) is 57.7 Å². The Bertz CT molecular complexity index is 978. The van der Waals surface area contributed by atoms with Crippen LogP contribution in [-0.4, -0.2) is 48.1 Å². The van der Waals surface area contributed by atoms with Crippen LogP contribution in [0.15, 0.2) is 61.4 Å². The zero-order valence-electron chi connectivity index (χ0n) is 16.2. The van der Waals surface area contributed by atoms with Gasteiger partial charge >= 0.3 is 6.09 Å². The lowest BCUT2D eigenvalue weighted by molar-refractivity contribution is 0.201. The lowest BCUT2D eigenvalue weighted by Crippen LogP contribution is -2.47. The Kier molecular flexibility index (Phi) is 6.07. The minimum Gasteiger partial charge on any atom is -0.419 e. The van der Waals surface area contributed by atoms with Gasteiger partial charge in [0.15, 0.2) is 0 Å². The molecular formula is C22H24N4O2S. The molecule has 29 heavy (non-hydrogen) atoms. The van der Waals surface area contributed by atoms with E-state index >= 15 is 0 Å². The molecule has 2 heterocycles. The molecule has 0 bridgehead atoms. The van der Waals surface area contributed by atoms with Gasteiger partial charge in [0.1, 0.15) is 5.82 Å². The molecule has 1 amide bonds. The minimum absolute atomic E-state index is 0.529. The molecule has 1 fully saturated rings. The van der Waals surface area contributed by atoms with Crippen molar-refractivity contribution in [3.8, 4) is 0 Å². The van der Waals surface area contributed by atoms with E-state index in [4.69, 9.17) is 0 Å². The first-order chi connectivity index (χ1) is 14.2. The molecule has 0 aliphatic carbocycles. The van der Waals surface area contributed by atoms with Crippen LogP contribution in [-0.2, 0) is 11.2 Å². The van der Waals surface area contributed by atoms with Crippen LogP contribution in [0, 0.1) is 0 Å². The summed E-state index contributed by atoms with van der Waals surface area (Å²) in [6.45, 7) is 8.47. The van der Waals surface area contributed by atoms with E-state index in [1.165, 1.54) is 15.6 Å². The molecule has 2 aromatic carbocycles. The molecule has 1 saturated heterocycles. The van der Waals surface area contributed by atoms with Gasteiger partial charge in [0.2, 0.25) is 0 Å². The summed E-state index contributed by atoms with van der Waals surface area (Å²) in [7, 11) is 0. The number of rotatable bonds is 6. The molecule has 3 aromatic rings. The number of aromatic nitrogens is 1. The van der Waals surface area contributed by atoms with Crippen molar-refractivity contribution >= 4 is 39.2 Å². The Balaban J connectivity index is 1.26. The standard InChI is InChI=1S/C22H24N4O2S/c1-2-28-22(27)23-18-9-7-17(8-10-18)11-12-25-13-15-26(16-14-25)21-19-5-3-4-6-20(19)29-24-21/h2-10H,1,11-16H2,(H,23,27). The molecule has 1 aliphatic rings. The molecule has 0 saturated carbocycles. The zero-order valence-corrected chi connectivity index (χ0v) is 17.0. The van der Waals surface area contributed by atoms with E-state index in [-0.39, 0.29) is 0 Å². The molecule has 7 heteroatoms. The van der Waals surface area contributed by atoms with E-state index in [1.807, 2.05) is 24.3 Å². The van der Waals surface area contributed by atoms with Crippen LogP contribution in [0.5, 0.6) is 0 Å². The lowest BCUT2D eigenvalue weighted by atomic mass is 10.1. The first-order valence-electron chi connectivity index (χ1n) is 9.72. The predicted octanol–water partition coefficient (Wildman–Crippen LogP) is 4.35. The van der Waals surface area contributed by atoms with Crippen LogP contribution in [0.1, 0.15) is 5.56 Å². The van der Waals surface area contributed by atoms with Crippen molar-refractivity contribution in [3.63, 3.8) is 0 Å². The van der Waals surface area contributed by atoms with Gasteiger partial charge in [-0.1, -0.05) is 30.8 Å². The Morgan fingerprint density at radius 3 is 2.66 bits per heavy atom. The number of hydrogen-bond acceptors (Lipinski definition) is 6. The van der Waals surface area contributed by atoms with E-state index in [2.05, 4.69) is 55.1 Å². The summed E-state index contributed by atoms with van der Waals surface area (Å²) in [4.78, 5) is 16.3. The summed E-state index contributed by atoms with van der Waals surface area (Å²) in [6.07, 6.45) is 1.57. The molecule has 0 atom stereocenters. The number of piperazine rings is 1. The number of hydrogen-bond donors (Lipinski definition) is 1. The molecule has 0 spiro atoms. The van der Waals surface area contributed by atoms with Gasteiger partial charge in [-0.3, -0.25) is 10.2 Å². The van der Waals surface area contributed by atoms with E-state index in [0.29, 0.717) is 5.69 Å². The van der Waals surface area contributed by atoms with Gasteiger partial charge in [0.05, 0.1) is 11.0 Å². The number of fused-ring (bicyclic) bond motifs is 1. The molecule has 4 rings (SSSR count). The van der Waals surface area contributed by atoms with Crippen molar-refractivity contribution in [1.29, 1.82) is 0 Å². The summed E-state index contributed by atoms with van der Waals surface area (Å²) < 4.78 is 10.6. The van der Waals surface area contributed by atoms with Crippen molar-refractivity contribution in [2.45, 2.75) is 6.42 Å². The third-order valence-electron chi connectivity index (χ3n) is 5.14. The summed E-state index contributed by atoms with van der Waals surface area (Å²) in [5, 5.41) is 3.91. The quantitative estimate of drug-likeness (QED) is 0.615. The Morgan fingerprint density at radius 2 is 1.90 bits per heavy atom. The van der Waals surface area contributed by atoms with Gasteiger partial charge in [-0.05, 0) is 47.8 Å². The third-order valence-corrected chi connectivity index (χ3v) is 5.95. The Morgan fingerprint density at radius 1 is 1.14 bits per heavy atom. The Hall–Kier alpha value is -2.90. The highest BCUT2D eigenvalue weighted by Gasteiger charge is 2.20. The minimum atomic E-state index is -0.529. The van der Waals surface area contributed by atoms with Crippen LogP contribution in [0.4, 0.5) is 16.3 Å². The maximum atomic E-state index is 11.4. The number of carbonyl (C=O) groups excluding carboxylic acids is 1. The second-order valence-electron chi connectivity index (χ2n) is 6.97. The van der Waals surface area contributed by atoms with Crippen molar-refractivity contribution < 1.29 is 9.53 Å². The largest absolute Gasteiger partial charge is 0.419 e. The van der Waals surface area contributed by atoms with Crippen LogP contribution in [0.3, 0.4) is 0 Å². The molecule has 0 unspecified atom stereocenters. The van der Waals surface area contributed by atoms with Crippen LogP contribution in [0.25, 0.3) is 10.1 Å². The fourth-order valence-corrected chi connectivity index (χ4v) is 4.34. The zero-order chi connectivity index (χ0) is 20.1. The predicted molar refractivity (Wildman–Crippen MR) is 119 cm³/mol. The Labute approximate surface area is 174 Å². The molecule has 150 valence electrons. The van der Waals surface area contributed by atoms with Crippen LogP contribution < -0.4 is 10.2 Å². The van der Waals surface area contributed by atoms with Gasteiger partial charge in [-0.15, -0.1) is 0 Å². The van der Waals surface area contributed by atoms with Gasteiger partial charge in [-0.25, -0.2) is 4.79 Å². The summed E-state index contributed by atoms with van der Waals surface area (Å²) in [5.41, 5.74) is 1.96. The average Bonchev–Trinajstić information content (AvgIpc) is 3.18. The highest BCUT2D eigenvalue weighted by molar-refractivity contribution is 7.13. The highest BCUT2D eigenvalue weighted by atomic mass is 32.1. The fraction of sp³-hybridized carbons (Fsp3) is 0.273. The first kappa shape index (κ1) is 19.4. The van der Waals surface area contributed by atoms with Crippen molar-refractivity contribution in [1.82, 2.24) is 9.27 Å². The second-order valence-corrected chi connectivity index (χ2v) is 7.78. The summed E-state index contributed by atoms with van der Waals surface area (Å²) in [5.74, 6) is 1.13. The number of ether oxygens (including phenoxy) is 1. The van der Waals surface area contributed by atoms with E-state index in [0.717, 1.165) is 51.2 Å². The van der Waals surface area contributed by atoms with Crippen LogP contribution in [0.2, 0.25) is 0 Å². The normalized spacial score (nSPS) is 14.7. The number of benzene rings is 2. The SMILES string of the molecule is C=COC(=O)Nc1ccc(CCN2CCN(c3nsc4ccccc34)CC2)cc1. The van der Waals surface area contributed by atoms with Crippen molar-refractivity contribution in [2.75, 3.05) is 42.9 Å². The number of nitrogens with one attached hydrogen (secondary N) is 1. The van der Waals surface area contributed by atoms with Gasteiger partial charge in [0.25, 0.3) is 0 Å². The van der Waals surface area contributed by atoms with E-state index < -0.39 is 6.09 Å². The number of amides is 1. The lowest BCUT2D eigenvalue weighted by Gasteiger charge is -2.35. The maximum absolute atomic E-state index is 11.4. The third kappa shape index (κ3) is 4.75. The summed E-state index contributed by atoms with van der Waals surface area (Å²) in [6, 6.07) is 16.3. The first-order valence-corrected chi connectivity index (χ1v) is 10.5. The molecule has 1 N–H and O–H groups in total. The van der Waals surface area contributed by atoms with Gasteiger partial charge in [0, 0.05) is 43.8 Å². The number of anilines is 2. The maximum Gasteiger partial charge on any atom is 0.416 e. The highest BCUT2D eigenvalue weighted by Crippen LogP contribution is 2.29. The van der Waals surface area contributed by atoms with Crippen molar-refractivity contribution in [2.24, 2.45) is 0 Å². The fourth-order valence-electron chi connectivity index (χ4n) is 3.55. The molecular weight excluding hydrogens is 384 g/mol. The summed E-state index contributed by atoms with van der Waals surface area (Å²) >= 11 is 1.58. The molecule has 1 aliphatic heterocycles. The molecule has 6 nitrogen and oxygen atoms in total. The van der Waals surface area contributed by atoms with Gasteiger partial charge in [-0.2, -0.15) is 4.37 Å². The van der Waals surface area contributed by atoms with Gasteiger partial charge < -0.3 is 9.64 Å². The monoisotopic (exact) mass is 408 g/mol. The number of carbonyl (C=O) groups is 1. The van der Waals surface area contributed by atoms with Crippen LogP contribution >= 0.6 is 11.5 Å². The second kappa shape index (κ2) is 9.07.